The van der Waals surface area contributed by atoms with Gasteiger partial charge >= 0.3 is 0 Å². The van der Waals surface area contributed by atoms with Crippen molar-refractivity contribution in [2.24, 2.45) is 0 Å². The normalized spacial score (nSPS) is 23.2. The highest BCUT2D eigenvalue weighted by atomic mass is 32.1. The van der Waals surface area contributed by atoms with Crippen LogP contribution in [0.25, 0.3) is 0 Å². The first-order valence-corrected chi connectivity index (χ1v) is 6.34. The maximum atomic E-state index is 5.62. The number of aromatic nitrogens is 1. The molecule has 15 heavy (non-hydrogen) atoms. The minimum atomic E-state index is 0.272. The van der Waals surface area contributed by atoms with Crippen molar-refractivity contribution in [3.63, 3.8) is 0 Å². The van der Waals surface area contributed by atoms with Gasteiger partial charge in [-0.3, -0.25) is 0 Å². The molecule has 0 bridgehead atoms. The largest absolute Gasteiger partial charge is 0.371 e. The van der Waals surface area contributed by atoms with Gasteiger partial charge in [-0.2, -0.15) is 0 Å². The lowest BCUT2D eigenvalue weighted by Gasteiger charge is -2.07. The second kappa shape index (κ2) is 5.05. The molecule has 0 amide bonds. The molecule has 84 valence electrons. The van der Waals surface area contributed by atoms with Gasteiger partial charge in [-0.1, -0.05) is 0 Å². The fraction of sp³-hybridized carbons (Fsp3) is 0.727. The van der Waals surface area contributed by atoms with Crippen LogP contribution in [0.2, 0.25) is 0 Å². The minimum absolute atomic E-state index is 0.272. The Hall–Kier alpha value is -0.450. The van der Waals surface area contributed by atoms with Gasteiger partial charge in [0.05, 0.1) is 0 Å². The molecule has 1 N–H and O–H groups in total. The van der Waals surface area contributed by atoms with Crippen LogP contribution < -0.4 is 5.32 Å². The van der Waals surface area contributed by atoms with Crippen LogP contribution in [-0.2, 0) is 11.2 Å². The zero-order chi connectivity index (χ0) is 10.7. The van der Waals surface area contributed by atoms with Crippen LogP contribution in [-0.4, -0.2) is 24.7 Å². The van der Waals surface area contributed by atoms with E-state index in [1.807, 2.05) is 13.2 Å². The average Bonchev–Trinajstić information content (AvgIpc) is 2.85. The zero-order valence-corrected chi connectivity index (χ0v) is 10.1. The predicted molar refractivity (Wildman–Crippen MR) is 62.3 cm³/mol. The Kier molecular flexibility index (Phi) is 3.72. The third-order valence-corrected chi connectivity index (χ3v) is 3.89. The summed E-state index contributed by atoms with van der Waals surface area (Å²) in [6.07, 6.45) is 5.63. The van der Waals surface area contributed by atoms with Gasteiger partial charge in [0.2, 0.25) is 0 Å². The van der Waals surface area contributed by atoms with Crippen LogP contribution in [0, 0.1) is 0 Å². The first-order chi connectivity index (χ1) is 7.29. The second-order valence-corrected chi connectivity index (χ2v) is 5.21. The summed E-state index contributed by atoms with van der Waals surface area (Å²) in [6.45, 7) is 3.08. The maximum absolute atomic E-state index is 5.62. The molecule has 0 spiro atoms. The Morgan fingerprint density at radius 3 is 3.27 bits per heavy atom. The third kappa shape index (κ3) is 2.77. The van der Waals surface area contributed by atoms with Gasteiger partial charge in [-0.05, 0) is 33.2 Å². The van der Waals surface area contributed by atoms with Gasteiger partial charge in [0.15, 0.2) is 0 Å². The van der Waals surface area contributed by atoms with Gasteiger partial charge < -0.3 is 10.1 Å². The lowest BCUT2D eigenvalue weighted by molar-refractivity contribution is 0.111. The summed E-state index contributed by atoms with van der Waals surface area (Å²) in [5, 5.41) is 4.40. The lowest BCUT2D eigenvalue weighted by atomic mass is 10.2. The molecule has 3 nitrogen and oxygen atoms in total. The fourth-order valence-electron chi connectivity index (χ4n) is 1.74. The molecule has 2 heterocycles. The summed E-state index contributed by atoms with van der Waals surface area (Å²) in [6, 6.07) is 0.516. The van der Waals surface area contributed by atoms with Crippen LogP contribution in [0.4, 0.5) is 0 Å². The fourth-order valence-corrected chi connectivity index (χ4v) is 2.87. The highest BCUT2D eigenvalue weighted by Gasteiger charge is 2.20. The Morgan fingerprint density at radius 1 is 1.73 bits per heavy atom. The molecular weight excluding hydrogens is 208 g/mol. The average molecular weight is 226 g/mol. The van der Waals surface area contributed by atoms with Crippen LogP contribution in [0.15, 0.2) is 6.20 Å². The molecule has 2 atom stereocenters. The molecule has 1 aliphatic heterocycles. The molecule has 0 radical (unpaired) electrons. The quantitative estimate of drug-likeness (QED) is 0.854. The smallest absolute Gasteiger partial charge is 0.122 e. The van der Waals surface area contributed by atoms with Gasteiger partial charge in [-0.15, -0.1) is 11.3 Å². The van der Waals surface area contributed by atoms with Crippen molar-refractivity contribution in [2.45, 2.75) is 38.3 Å². The minimum Gasteiger partial charge on any atom is -0.371 e. The van der Waals surface area contributed by atoms with Crippen molar-refractivity contribution in [3.05, 3.63) is 16.1 Å². The number of thiazole rings is 1. The number of nitrogens with one attached hydrogen (secondary N) is 1. The topological polar surface area (TPSA) is 34.2 Å². The number of rotatable bonds is 4. The van der Waals surface area contributed by atoms with Crippen LogP contribution in [0.5, 0.6) is 0 Å². The van der Waals surface area contributed by atoms with Gasteiger partial charge in [0.1, 0.15) is 11.1 Å². The van der Waals surface area contributed by atoms with Crippen LogP contribution >= 0.6 is 11.3 Å². The molecule has 1 aromatic rings. The molecule has 0 aromatic carbocycles. The number of likely N-dealkylation sites (N-methyl/N-ethyl adjacent to an activating group) is 1. The molecule has 0 saturated carbocycles. The van der Waals surface area contributed by atoms with Crippen molar-refractivity contribution >= 4 is 11.3 Å². The van der Waals surface area contributed by atoms with E-state index in [9.17, 15) is 0 Å². The van der Waals surface area contributed by atoms with Crippen molar-refractivity contribution in [1.82, 2.24) is 10.3 Å². The van der Waals surface area contributed by atoms with E-state index in [-0.39, 0.29) is 6.10 Å². The van der Waals surface area contributed by atoms with Crippen LogP contribution in [0.1, 0.15) is 35.8 Å². The summed E-state index contributed by atoms with van der Waals surface area (Å²) in [4.78, 5) is 5.80. The Morgan fingerprint density at radius 2 is 2.60 bits per heavy atom. The van der Waals surface area contributed by atoms with Gasteiger partial charge in [0.25, 0.3) is 0 Å². The van der Waals surface area contributed by atoms with Crippen molar-refractivity contribution < 1.29 is 4.74 Å². The lowest BCUT2D eigenvalue weighted by Crippen LogP contribution is -2.22. The Bertz CT molecular complexity index is 307. The molecule has 0 aliphatic carbocycles. The number of nitrogens with zero attached hydrogens (tertiary/aromatic N) is 1. The van der Waals surface area contributed by atoms with Gasteiger partial charge in [0, 0.05) is 23.7 Å². The molecule has 1 aliphatic rings. The monoisotopic (exact) mass is 226 g/mol. The summed E-state index contributed by atoms with van der Waals surface area (Å²) in [5.41, 5.74) is 0. The maximum Gasteiger partial charge on any atom is 0.122 e. The van der Waals surface area contributed by atoms with E-state index >= 15 is 0 Å². The van der Waals surface area contributed by atoms with E-state index in [2.05, 4.69) is 17.2 Å². The van der Waals surface area contributed by atoms with E-state index in [4.69, 9.17) is 4.74 Å². The van der Waals surface area contributed by atoms with E-state index in [1.165, 1.54) is 11.3 Å². The molecule has 1 saturated heterocycles. The zero-order valence-electron chi connectivity index (χ0n) is 9.32. The van der Waals surface area contributed by atoms with Gasteiger partial charge in [-0.25, -0.2) is 4.98 Å². The standard InChI is InChI=1S/C11H18N2OS/c1-8(12-2)6-9-7-13-11(15-9)10-4-3-5-14-10/h7-8,10,12H,3-6H2,1-2H3. The first kappa shape index (κ1) is 11.0. The van der Waals surface area contributed by atoms with E-state index < -0.39 is 0 Å². The SMILES string of the molecule is CNC(C)Cc1cnc(C2CCCO2)s1. The first-order valence-electron chi connectivity index (χ1n) is 5.53. The molecule has 2 unspecified atom stereocenters. The van der Waals surface area contributed by atoms with Crippen molar-refractivity contribution in [1.29, 1.82) is 0 Å². The number of hydrogen-bond donors (Lipinski definition) is 1. The summed E-state index contributed by atoms with van der Waals surface area (Å²) in [7, 11) is 1.99. The number of hydrogen-bond acceptors (Lipinski definition) is 4. The second-order valence-electron chi connectivity index (χ2n) is 4.06. The molecule has 1 aromatic heterocycles. The van der Waals surface area contributed by atoms with Crippen LogP contribution in [0.3, 0.4) is 0 Å². The summed E-state index contributed by atoms with van der Waals surface area (Å²) in [5.74, 6) is 0. The summed E-state index contributed by atoms with van der Waals surface area (Å²) >= 11 is 1.80. The summed E-state index contributed by atoms with van der Waals surface area (Å²) < 4.78 is 5.62. The predicted octanol–water partition coefficient (Wildman–Crippen LogP) is 2.14. The molecule has 4 heteroatoms. The van der Waals surface area contributed by atoms with E-state index in [1.54, 1.807) is 11.3 Å². The van der Waals surface area contributed by atoms with E-state index in [0.717, 1.165) is 24.5 Å². The highest BCUT2D eigenvalue weighted by Crippen LogP contribution is 2.31. The van der Waals surface area contributed by atoms with Crippen molar-refractivity contribution in [3.8, 4) is 0 Å². The Labute approximate surface area is 94.9 Å². The van der Waals surface area contributed by atoms with Crippen molar-refractivity contribution in [2.75, 3.05) is 13.7 Å². The number of ether oxygens (including phenoxy) is 1. The highest BCUT2D eigenvalue weighted by molar-refractivity contribution is 7.11. The third-order valence-electron chi connectivity index (χ3n) is 2.78. The molecule has 2 rings (SSSR count). The Balaban J connectivity index is 1.97. The molecular formula is C11H18N2OS. The van der Waals surface area contributed by atoms with E-state index in [0.29, 0.717) is 6.04 Å². The molecule has 1 fully saturated rings.